The Hall–Kier alpha value is -1.81. The summed E-state index contributed by atoms with van der Waals surface area (Å²) in [4.78, 5) is 6.83. The highest BCUT2D eigenvalue weighted by Gasteiger charge is 2.11. The van der Waals surface area contributed by atoms with Crippen LogP contribution < -0.4 is 10.5 Å². The number of hydrogen-bond donors (Lipinski definition) is 1. The number of nitrogens with two attached hydrogens (primary N) is 1. The van der Waals surface area contributed by atoms with Crippen molar-refractivity contribution >= 4 is 16.6 Å². The van der Waals surface area contributed by atoms with Crippen molar-refractivity contribution in [3.8, 4) is 5.75 Å². The van der Waals surface area contributed by atoms with Gasteiger partial charge in [-0.1, -0.05) is 0 Å². The summed E-state index contributed by atoms with van der Waals surface area (Å²) in [5, 5.41) is 0.994. The number of ether oxygens (including phenoxy) is 1. The fraction of sp³-hybridized carbons (Fsp3) is 0.438. The first kappa shape index (κ1) is 13.2. The van der Waals surface area contributed by atoms with E-state index in [2.05, 4.69) is 9.88 Å². The van der Waals surface area contributed by atoms with Crippen LogP contribution in [0, 0.1) is 0 Å². The second-order valence-electron chi connectivity index (χ2n) is 5.30. The van der Waals surface area contributed by atoms with Gasteiger partial charge in [0.1, 0.15) is 5.75 Å². The molecule has 1 fully saturated rings. The van der Waals surface area contributed by atoms with Crippen molar-refractivity contribution < 1.29 is 4.74 Å². The molecule has 0 radical (unpaired) electrons. The van der Waals surface area contributed by atoms with Gasteiger partial charge in [0.2, 0.25) is 0 Å². The lowest BCUT2D eigenvalue weighted by Crippen LogP contribution is -2.21. The molecule has 3 rings (SSSR count). The van der Waals surface area contributed by atoms with Crippen LogP contribution in [0.5, 0.6) is 5.75 Å². The largest absolute Gasteiger partial charge is 0.493 e. The molecule has 106 valence electrons. The number of hydrogen-bond acceptors (Lipinski definition) is 4. The monoisotopic (exact) mass is 271 g/mol. The average molecular weight is 271 g/mol. The molecule has 4 heteroatoms. The second-order valence-corrected chi connectivity index (χ2v) is 5.30. The molecule has 1 aliphatic rings. The number of nitrogen functional groups attached to an aromatic ring is 1. The third-order valence-electron chi connectivity index (χ3n) is 3.84. The van der Waals surface area contributed by atoms with Gasteiger partial charge in [0.15, 0.2) is 0 Å². The van der Waals surface area contributed by atoms with Crippen molar-refractivity contribution in [2.24, 2.45) is 0 Å². The molecule has 1 aromatic carbocycles. The molecule has 0 aliphatic carbocycles. The second kappa shape index (κ2) is 6.09. The lowest BCUT2D eigenvalue weighted by Gasteiger charge is -2.15. The highest BCUT2D eigenvalue weighted by atomic mass is 16.5. The van der Waals surface area contributed by atoms with Gasteiger partial charge >= 0.3 is 0 Å². The van der Waals surface area contributed by atoms with Crippen LogP contribution in [0.1, 0.15) is 19.3 Å². The zero-order chi connectivity index (χ0) is 13.8. The van der Waals surface area contributed by atoms with Crippen molar-refractivity contribution in [3.63, 3.8) is 0 Å². The number of benzene rings is 1. The van der Waals surface area contributed by atoms with E-state index >= 15 is 0 Å². The van der Waals surface area contributed by atoms with Gasteiger partial charge < -0.3 is 15.4 Å². The Morgan fingerprint density at radius 1 is 1.20 bits per heavy atom. The molecule has 0 atom stereocenters. The van der Waals surface area contributed by atoms with Crippen molar-refractivity contribution in [2.45, 2.75) is 19.3 Å². The average Bonchev–Trinajstić information content (AvgIpc) is 2.99. The van der Waals surface area contributed by atoms with Gasteiger partial charge in [0.25, 0.3) is 0 Å². The maximum atomic E-state index is 5.94. The first-order valence-corrected chi connectivity index (χ1v) is 7.33. The van der Waals surface area contributed by atoms with Gasteiger partial charge in [0.05, 0.1) is 17.8 Å². The molecular formula is C16H21N3O. The van der Waals surface area contributed by atoms with E-state index in [1.807, 2.05) is 24.3 Å². The van der Waals surface area contributed by atoms with Crippen LogP contribution in [0.25, 0.3) is 10.9 Å². The number of fused-ring (bicyclic) bond motifs is 1. The highest BCUT2D eigenvalue weighted by molar-refractivity contribution is 5.93. The summed E-state index contributed by atoms with van der Waals surface area (Å²) in [6, 6.07) is 7.73. The summed E-state index contributed by atoms with van der Waals surface area (Å²) in [6.07, 6.45) is 5.51. The quantitative estimate of drug-likeness (QED) is 0.671. The van der Waals surface area contributed by atoms with Gasteiger partial charge in [-0.3, -0.25) is 4.98 Å². The molecule has 2 aromatic rings. The Kier molecular flexibility index (Phi) is 4.02. The molecule has 20 heavy (non-hydrogen) atoms. The van der Waals surface area contributed by atoms with Crippen LogP contribution in [0.3, 0.4) is 0 Å². The number of likely N-dealkylation sites (tertiary alicyclic amines) is 1. The van der Waals surface area contributed by atoms with E-state index < -0.39 is 0 Å². The maximum Gasteiger partial charge on any atom is 0.128 e. The third-order valence-corrected chi connectivity index (χ3v) is 3.84. The number of pyridine rings is 1. The summed E-state index contributed by atoms with van der Waals surface area (Å²) < 4.78 is 5.91. The SMILES string of the molecule is Nc1ccc(OCCCN2CCCC2)c2cccnc12. The van der Waals surface area contributed by atoms with Crippen molar-refractivity contribution in [1.82, 2.24) is 9.88 Å². The molecule has 2 N–H and O–H groups in total. The smallest absolute Gasteiger partial charge is 0.128 e. The van der Waals surface area contributed by atoms with E-state index in [0.717, 1.165) is 36.2 Å². The fourth-order valence-electron chi connectivity index (χ4n) is 2.77. The van der Waals surface area contributed by atoms with Crippen molar-refractivity contribution in [2.75, 3.05) is 32.0 Å². The Labute approximate surface area is 119 Å². The van der Waals surface area contributed by atoms with Crippen molar-refractivity contribution in [3.05, 3.63) is 30.5 Å². The van der Waals surface area contributed by atoms with Crippen LogP contribution in [0.15, 0.2) is 30.5 Å². The zero-order valence-electron chi connectivity index (χ0n) is 11.7. The van der Waals surface area contributed by atoms with E-state index in [0.29, 0.717) is 5.69 Å². The Morgan fingerprint density at radius 2 is 2.05 bits per heavy atom. The molecule has 1 aliphatic heterocycles. The summed E-state index contributed by atoms with van der Waals surface area (Å²) >= 11 is 0. The molecule has 1 aromatic heterocycles. The first-order chi connectivity index (χ1) is 9.84. The topological polar surface area (TPSA) is 51.4 Å². The van der Waals surface area contributed by atoms with Gasteiger partial charge in [0, 0.05) is 18.1 Å². The van der Waals surface area contributed by atoms with Gasteiger partial charge in [-0.05, 0) is 56.6 Å². The van der Waals surface area contributed by atoms with Crippen LogP contribution in [0.2, 0.25) is 0 Å². The number of aromatic nitrogens is 1. The van der Waals surface area contributed by atoms with Crippen LogP contribution in [-0.2, 0) is 0 Å². The van der Waals surface area contributed by atoms with Crippen LogP contribution in [-0.4, -0.2) is 36.1 Å². The van der Waals surface area contributed by atoms with E-state index in [1.165, 1.54) is 25.9 Å². The van der Waals surface area contributed by atoms with Crippen LogP contribution in [0.4, 0.5) is 5.69 Å². The Bertz CT molecular complexity index is 579. The standard InChI is InChI=1S/C16H21N3O/c17-14-6-7-15(13-5-3-8-18-16(13)14)20-12-4-11-19-9-1-2-10-19/h3,5-8H,1-2,4,9-12,17H2. The minimum Gasteiger partial charge on any atom is -0.493 e. The molecule has 0 spiro atoms. The lowest BCUT2D eigenvalue weighted by molar-refractivity contribution is 0.265. The van der Waals surface area contributed by atoms with E-state index in [-0.39, 0.29) is 0 Å². The van der Waals surface area contributed by atoms with Crippen LogP contribution >= 0.6 is 0 Å². The van der Waals surface area contributed by atoms with E-state index in [9.17, 15) is 0 Å². The summed E-state index contributed by atoms with van der Waals surface area (Å²) in [6.45, 7) is 4.36. The zero-order valence-corrected chi connectivity index (χ0v) is 11.7. The van der Waals surface area contributed by atoms with Gasteiger partial charge in [-0.2, -0.15) is 0 Å². The normalized spacial score (nSPS) is 15.8. The minimum absolute atomic E-state index is 0.699. The predicted octanol–water partition coefficient (Wildman–Crippen LogP) is 2.68. The highest BCUT2D eigenvalue weighted by Crippen LogP contribution is 2.28. The number of anilines is 1. The minimum atomic E-state index is 0.699. The number of nitrogens with zero attached hydrogens (tertiary/aromatic N) is 2. The van der Waals surface area contributed by atoms with Gasteiger partial charge in [-0.25, -0.2) is 0 Å². The summed E-state index contributed by atoms with van der Waals surface area (Å²) in [5.74, 6) is 0.878. The number of rotatable bonds is 5. The Balaban J connectivity index is 1.61. The van der Waals surface area contributed by atoms with Crippen molar-refractivity contribution in [1.29, 1.82) is 0 Å². The molecule has 0 unspecified atom stereocenters. The third kappa shape index (κ3) is 2.85. The molecule has 2 heterocycles. The molecular weight excluding hydrogens is 250 g/mol. The predicted molar refractivity (Wildman–Crippen MR) is 81.9 cm³/mol. The summed E-state index contributed by atoms with van der Waals surface area (Å²) in [5.41, 5.74) is 7.46. The Morgan fingerprint density at radius 3 is 2.90 bits per heavy atom. The lowest BCUT2D eigenvalue weighted by atomic mass is 10.2. The fourth-order valence-corrected chi connectivity index (χ4v) is 2.77. The van der Waals surface area contributed by atoms with E-state index in [4.69, 9.17) is 10.5 Å². The van der Waals surface area contributed by atoms with Gasteiger partial charge in [-0.15, -0.1) is 0 Å². The maximum absolute atomic E-state index is 5.94. The first-order valence-electron chi connectivity index (χ1n) is 7.33. The molecule has 0 saturated carbocycles. The molecule has 1 saturated heterocycles. The molecule has 0 bridgehead atoms. The summed E-state index contributed by atoms with van der Waals surface area (Å²) in [7, 11) is 0. The molecule has 0 amide bonds. The van der Waals surface area contributed by atoms with E-state index in [1.54, 1.807) is 6.20 Å². The molecule has 4 nitrogen and oxygen atoms in total.